The summed E-state index contributed by atoms with van der Waals surface area (Å²) in [6, 6.07) is 4.08. The van der Waals surface area contributed by atoms with Gasteiger partial charge in [0.1, 0.15) is 17.7 Å². The molecule has 1 aromatic rings. The molecule has 2 aliphatic rings. The molecule has 1 heterocycles. The van der Waals surface area contributed by atoms with Gasteiger partial charge in [0.25, 0.3) is 0 Å². The fraction of sp³-hybridized carbons (Fsp3) is 0.538. The molecule has 0 aromatic heterocycles. The highest BCUT2D eigenvalue weighted by molar-refractivity contribution is 5.39. The lowest BCUT2D eigenvalue weighted by Crippen LogP contribution is -2.48. The van der Waals surface area contributed by atoms with Crippen LogP contribution in [0.1, 0.15) is 30.9 Å². The van der Waals surface area contributed by atoms with Gasteiger partial charge >= 0.3 is 0 Å². The Bertz CT molecular complexity index is 437. The van der Waals surface area contributed by atoms with Crippen molar-refractivity contribution in [3.05, 3.63) is 29.6 Å². The van der Waals surface area contributed by atoms with Crippen molar-refractivity contribution in [2.24, 2.45) is 11.7 Å². The fourth-order valence-corrected chi connectivity index (χ4v) is 3.03. The lowest BCUT2D eigenvalue weighted by atomic mass is 9.75. The van der Waals surface area contributed by atoms with E-state index in [-0.39, 0.29) is 23.9 Å². The number of hydrogen-bond donors (Lipinski definition) is 2. The van der Waals surface area contributed by atoms with E-state index in [1.807, 2.05) is 0 Å². The molecule has 0 spiro atoms. The molecule has 3 nitrogen and oxygen atoms in total. The van der Waals surface area contributed by atoms with E-state index < -0.39 is 6.10 Å². The molecule has 4 heteroatoms. The molecule has 1 fully saturated rings. The van der Waals surface area contributed by atoms with Crippen LogP contribution in [0, 0.1) is 11.7 Å². The van der Waals surface area contributed by atoms with Gasteiger partial charge in [0.05, 0.1) is 6.10 Å². The SMILES string of the molecule is N[C@@H]1c2cc(F)ccc2O[C@@H]2CCC[C@H](O)[C@H]12. The molecule has 0 unspecified atom stereocenters. The van der Waals surface area contributed by atoms with Gasteiger partial charge in [-0.2, -0.15) is 0 Å². The largest absolute Gasteiger partial charge is 0.490 e. The molecule has 1 aliphatic carbocycles. The van der Waals surface area contributed by atoms with E-state index in [2.05, 4.69) is 0 Å². The van der Waals surface area contributed by atoms with E-state index in [1.54, 1.807) is 6.07 Å². The first-order valence-electron chi connectivity index (χ1n) is 6.06. The third kappa shape index (κ3) is 1.72. The second-order valence-corrected chi connectivity index (χ2v) is 4.94. The van der Waals surface area contributed by atoms with Crippen LogP contribution in [0.5, 0.6) is 5.75 Å². The van der Waals surface area contributed by atoms with Crippen LogP contribution < -0.4 is 10.5 Å². The van der Waals surface area contributed by atoms with Crippen molar-refractivity contribution < 1.29 is 14.2 Å². The van der Waals surface area contributed by atoms with Gasteiger partial charge in [-0.15, -0.1) is 0 Å². The Balaban J connectivity index is 2.01. The van der Waals surface area contributed by atoms with Crippen LogP contribution >= 0.6 is 0 Å². The normalized spacial score (nSPS) is 35.7. The van der Waals surface area contributed by atoms with Crippen LogP contribution in [0.15, 0.2) is 18.2 Å². The summed E-state index contributed by atoms with van der Waals surface area (Å²) in [5.74, 6) is 0.235. The minimum absolute atomic E-state index is 0.0355. The van der Waals surface area contributed by atoms with Gasteiger partial charge in [0.15, 0.2) is 0 Å². The highest BCUT2D eigenvalue weighted by Crippen LogP contribution is 2.43. The third-order valence-corrected chi connectivity index (χ3v) is 3.89. The number of fused-ring (bicyclic) bond motifs is 2. The van der Waals surface area contributed by atoms with E-state index in [1.165, 1.54) is 12.1 Å². The summed E-state index contributed by atoms with van der Waals surface area (Å²) in [6.07, 6.45) is 2.13. The molecule has 0 radical (unpaired) electrons. The predicted octanol–water partition coefficient (Wildman–Crippen LogP) is 1.75. The lowest BCUT2D eigenvalue weighted by Gasteiger charge is -2.43. The van der Waals surface area contributed by atoms with Crippen molar-refractivity contribution in [1.82, 2.24) is 0 Å². The maximum atomic E-state index is 13.2. The number of ether oxygens (including phenoxy) is 1. The van der Waals surface area contributed by atoms with Crippen LogP contribution in [0.3, 0.4) is 0 Å². The Morgan fingerprint density at radius 3 is 3.00 bits per heavy atom. The molecular weight excluding hydrogens is 221 g/mol. The standard InChI is InChI=1S/C13H16FNO2/c14-7-4-5-10-8(6-7)13(15)12-9(16)2-1-3-11(12)17-10/h4-6,9,11-13,16H,1-3,15H2/t9-,11+,12-,13+/m0/s1. The number of aliphatic hydroxyl groups excluding tert-OH is 1. The Kier molecular flexibility index (Phi) is 2.56. The number of aliphatic hydroxyl groups is 1. The molecular formula is C13H16FNO2. The summed E-state index contributed by atoms with van der Waals surface area (Å²) in [6.45, 7) is 0. The fourth-order valence-electron chi connectivity index (χ4n) is 3.03. The van der Waals surface area contributed by atoms with Crippen molar-refractivity contribution in [2.45, 2.75) is 37.5 Å². The van der Waals surface area contributed by atoms with E-state index in [9.17, 15) is 9.50 Å². The molecule has 3 N–H and O–H groups in total. The molecule has 0 amide bonds. The summed E-state index contributed by atoms with van der Waals surface area (Å²) < 4.78 is 19.0. The van der Waals surface area contributed by atoms with Crippen molar-refractivity contribution in [3.63, 3.8) is 0 Å². The highest BCUT2D eigenvalue weighted by Gasteiger charge is 2.42. The number of rotatable bonds is 0. The Morgan fingerprint density at radius 2 is 2.18 bits per heavy atom. The number of hydrogen-bond acceptors (Lipinski definition) is 3. The summed E-state index contributed by atoms with van der Waals surface area (Å²) in [5.41, 5.74) is 6.83. The van der Waals surface area contributed by atoms with Crippen LogP contribution in [0.2, 0.25) is 0 Å². The summed E-state index contributed by atoms with van der Waals surface area (Å²) in [5, 5.41) is 10.0. The van der Waals surface area contributed by atoms with Crippen molar-refractivity contribution in [1.29, 1.82) is 0 Å². The van der Waals surface area contributed by atoms with Gasteiger partial charge in [0, 0.05) is 17.5 Å². The molecule has 3 rings (SSSR count). The summed E-state index contributed by atoms with van der Waals surface area (Å²) >= 11 is 0. The second-order valence-electron chi connectivity index (χ2n) is 4.94. The van der Waals surface area contributed by atoms with Crippen molar-refractivity contribution in [2.75, 3.05) is 0 Å². The maximum absolute atomic E-state index is 13.2. The van der Waals surface area contributed by atoms with Gasteiger partial charge in [-0.25, -0.2) is 4.39 Å². The van der Waals surface area contributed by atoms with E-state index in [0.717, 1.165) is 19.3 Å². The smallest absolute Gasteiger partial charge is 0.124 e. The van der Waals surface area contributed by atoms with Gasteiger partial charge in [0.2, 0.25) is 0 Å². The lowest BCUT2D eigenvalue weighted by molar-refractivity contribution is -0.0355. The molecule has 92 valence electrons. The first kappa shape index (κ1) is 11.0. The minimum Gasteiger partial charge on any atom is -0.490 e. The Morgan fingerprint density at radius 1 is 1.35 bits per heavy atom. The summed E-state index contributed by atoms with van der Waals surface area (Å²) in [7, 11) is 0. The van der Waals surface area contributed by atoms with E-state index >= 15 is 0 Å². The van der Waals surface area contributed by atoms with Gasteiger partial charge in [-0.3, -0.25) is 0 Å². The molecule has 4 atom stereocenters. The monoisotopic (exact) mass is 237 g/mol. The van der Waals surface area contributed by atoms with Crippen LogP contribution in [-0.2, 0) is 0 Å². The summed E-state index contributed by atoms with van der Waals surface area (Å²) in [4.78, 5) is 0. The number of nitrogens with two attached hydrogens (primary N) is 1. The molecule has 0 bridgehead atoms. The average molecular weight is 237 g/mol. The number of halogens is 1. The average Bonchev–Trinajstić information content (AvgIpc) is 2.30. The zero-order valence-corrected chi connectivity index (χ0v) is 9.47. The van der Waals surface area contributed by atoms with Crippen LogP contribution in [0.25, 0.3) is 0 Å². The van der Waals surface area contributed by atoms with Gasteiger partial charge in [-0.05, 0) is 37.5 Å². The minimum atomic E-state index is -0.444. The van der Waals surface area contributed by atoms with E-state index in [4.69, 9.17) is 10.5 Å². The van der Waals surface area contributed by atoms with Crippen LogP contribution in [0.4, 0.5) is 4.39 Å². The molecule has 17 heavy (non-hydrogen) atoms. The molecule has 1 aromatic carbocycles. The predicted molar refractivity (Wildman–Crippen MR) is 61.1 cm³/mol. The van der Waals surface area contributed by atoms with E-state index in [0.29, 0.717) is 11.3 Å². The quantitative estimate of drug-likeness (QED) is 0.722. The first-order valence-corrected chi connectivity index (χ1v) is 6.06. The van der Waals surface area contributed by atoms with Crippen LogP contribution in [-0.4, -0.2) is 17.3 Å². The Hall–Kier alpha value is -1.13. The zero-order valence-electron chi connectivity index (χ0n) is 9.47. The van der Waals surface area contributed by atoms with Gasteiger partial charge in [-0.1, -0.05) is 0 Å². The third-order valence-electron chi connectivity index (χ3n) is 3.89. The second kappa shape index (κ2) is 3.96. The molecule has 1 saturated carbocycles. The molecule has 0 saturated heterocycles. The zero-order chi connectivity index (χ0) is 12.0. The van der Waals surface area contributed by atoms with Crippen molar-refractivity contribution >= 4 is 0 Å². The highest BCUT2D eigenvalue weighted by atomic mass is 19.1. The van der Waals surface area contributed by atoms with Gasteiger partial charge < -0.3 is 15.6 Å². The molecule has 1 aliphatic heterocycles. The van der Waals surface area contributed by atoms with Crippen molar-refractivity contribution in [3.8, 4) is 5.75 Å². The topological polar surface area (TPSA) is 55.5 Å². The number of benzene rings is 1. The Labute approximate surface area is 99.4 Å². The first-order chi connectivity index (χ1) is 8.16. The maximum Gasteiger partial charge on any atom is 0.124 e.